The van der Waals surface area contributed by atoms with Gasteiger partial charge in [0.2, 0.25) is 0 Å². The van der Waals surface area contributed by atoms with Crippen molar-refractivity contribution in [3.05, 3.63) is 12.3 Å². The number of hydrazine groups is 1. The molecule has 0 bridgehead atoms. The molecule has 0 amide bonds. The summed E-state index contributed by atoms with van der Waals surface area (Å²) in [6.45, 7) is 11.3. The summed E-state index contributed by atoms with van der Waals surface area (Å²) in [4.78, 5) is 0. The highest BCUT2D eigenvalue weighted by molar-refractivity contribution is 4.83. The fourth-order valence-electron chi connectivity index (χ4n) is 1.29. The first-order chi connectivity index (χ1) is 9.27. The molecule has 0 fully saturated rings. The van der Waals surface area contributed by atoms with Gasteiger partial charge in [-0.05, 0) is 19.8 Å². The Morgan fingerprint density at radius 1 is 0.895 bits per heavy atom. The van der Waals surface area contributed by atoms with Gasteiger partial charge in [0.15, 0.2) is 0 Å². The normalized spacial score (nSPS) is 10.6. The molecule has 6 heteroatoms. The Labute approximate surface area is 116 Å². The van der Waals surface area contributed by atoms with Crippen molar-refractivity contribution in [2.75, 3.05) is 52.7 Å². The predicted molar refractivity (Wildman–Crippen MR) is 76.7 cm³/mol. The number of allylic oxidation sites excluding steroid dienone is 1. The number of hydrogen-bond donors (Lipinski definition) is 3. The average Bonchev–Trinajstić information content (AvgIpc) is 2.39. The lowest BCUT2D eigenvalue weighted by Gasteiger charge is -2.07. The van der Waals surface area contributed by atoms with E-state index in [1.165, 1.54) is 0 Å². The molecule has 114 valence electrons. The fourth-order valence-corrected chi connectivity index (χ4v) is 1.29. The molecule has 0 saturated carbocycles. The molecule has 0 atom stereocenters. The van der Waals surface area contributed by atoms with Gasteiger partial charge in [-0.2, -0.15) is 0 Å². The van der Waals surface area contributed by atoms with Crippen LogP contribution in [0, 0.1) is 0 Å². The first-order valence-electron chi connectivity index (χ1n) is 6.83. The van der Waals surface area contributed by atoms with Crippen LogP contribution < -0.4 is 16.6 Å². The summed E-state index contributed by atoms with van der Waals surface area (Å²) in [6, 6.07) is 0. The van der Waals surface area contributed by atoms with Crippen molar-refractivity contribution in [2.45, 2.75) is 19.8 Å². The van der Waals surface area contributed by atoms with Crippen LogP contribution in [0.25, 0.3) is 0 Å². The number of hydrogen-bond acceptors (Lipinski definition) is 6. The van der Waals surface area contributed by atoms with Crippen molar-refractivity contribution in [3.8, 4) is 0 Å². The molecule has 0 saturated heterocycles. The molecule has 0 spiro atoms. The number of nitrogens with two attached hydrogens (primary N) is 1. The molecular weight excluding hydrogens is 246 g/mol. The van der Waals surface area contributed by atoms with Crippen molar-refractivity contribution in [1.29, 1.82) is 0 Å². The Bertz CT molecular complexity index is 204. The summed E-state index contributed by atoms with van der Waals surface area (Å²) in [5.74, 6) is 5.13. The number of rotatable bonds is 15. The van der Waals surface area contributed by atoms with Gasteiger partial charge in [0, 0.05) is 32.0 Å². The lowest BCUT2D eigenvalue weighted by atomic mass is 10.4. The zero-order chi connectivity index (χ0) is 14.2. The Balaban J connectivity index is 2.93. The van der Waals surface area contributed by atoms with Crippen molar-refractivity contribution >= 4 is 0 Å². The summed E-state index contributed by atoms with van der Waals surface area (Å²) in [5, 5.41) is 3.15. The van der Waals surface area contributed by atoms with E-state index in [2.05, 4.69) is 17.3 Å². The smallest absolute Gasteiger partial charge is 0.0701 e. The average molecular weight is 275 g/mol. The Morgan fingerprint density at radius 2 is 1.37 bits per heavy atom. The Hall–Kier alpha value is -0.660. The predicted octanol–water partition coefficient (Wildman–Crippen LogP) is 0.403. The molecule has 4 N–H and O–H groups in total. The molecule has 0 unspecified atom stereocenters. The van der Waals surface area contributed by atoms with E-state index >= 15 is 0 Å². The van der Waals surface area contributed by atoms with Crippen LogP contribution in [0.5, 0.6) is 0 Å². The van der Waals surface area contributed by atoms with Gasteiger partial charge in [0.1, 0.15) is 0 Å². The van der Waals surface area contributed by atoms with Crippen molar-refractivity contribution < 1.29 is 14.2 Å². The van der Waals surface area contributed by atoms with Gasteiger partial charge in [0.05, 0.1) is 26.4 Å². The van der Waals surface area contributed by atoms with Gasteiger partial charge in [-0.25, -0.2) is 0 Å². The lowest BCUT2D eigenvalue weighted by Crippen LogP contribution is -2.24. The van der Waals surface area contributed by atoms with Gasteiger partial charge < -0.3 is 19.5 Å². The third-order valence-electron chi connectivity index (χ3n) is 2.25. The molecule has 0 aliphatic rings. The van der Waals surface area contributed by atoms with Crippen LogP contribution in [0.2, 0.25) is 0 Å². The van der Waals surface area contributed by atoms with Crippen LogP contribution in [0.1, 0.15) is 19.8 Å². The molecule has 0 heterocycles. The molecular formula is C13H29N3O3. The number of nitrogens with one attached hydrogen (secondary N) is 2. The van der Waals surface area contributed by atoms with E-state index in [0.717, 1.165) is 38.2 Å². The molecule has 0 aromatic heterocycles. The maximum absolute atomic E-state index is 5.42. The van der Waals surface area contributed by atoms with Crippen LogP contribution in [0.15, 0.2) is 12.3 Å². The highest BCUT2D eigenvalue weighted by Crippen LogP contribution is 1.86. The van der Waals surface area contributed by atoms with Crippen LogP contribution >= 0.6 is 0 Å². The Morgan fingerprint density at radius 3 is 1.84 bits per heavy atom. The second kappa shape index (κ2) is 15.4. The van der Waals surface area contributed by atoms with E-state index in [9.17, 15) is 0 Å². The Kier molecular flexibility index (Phi) is 14.9. The van der Waals surface area contributed by atoms with Crippen LogP contribution in [0.4, 0.5) is 0 Å². The third kappa shape index (κ3) is 17.3. The van der Waals surface area contributed by atoms with E-state index in [1.54, 1.807) is 0 Å². The van der Waals surface area contributed by atoms with Gasteiger partial charge in [-0.1, -0.05) is 6.58 Å². The van der Waals surface area contributed by atoms with Gasteiger partial charge in [-0.15, -0.1) is 0 Å². The SMILES string of the molecule is C=C(C)NCCCOCCOCCOCCCNN. The zero-order valence-corrected chi connectivity index (χ0v) is 12.1. The summed E-state index contributed by atoms with van der Waals surface area (Å²) in [5.41, 5.74) is 3.57. The van der Waals surface area contributed by atoms with Crippen molar-refractivity contribution in [1.82, 2.24) is 10.7 Å². The van der Waals surface area contributed by atoms with Gasteiger partial charge in [-0.3, -0.25) is 11.3 Å². The molecule has 0 rings (SSSR count). The van der Waals surface area contributed by atoms with Crippen LogP contribution in [-0.4, -0.2) is 52.7 Å². The summed E-state index contributed by atoms with van der Waals surface area (Å²) >= 11 is 0. The maximum Gasteiger partial charge on any atom is 0.0701 e. The number of ether oxygens (including phenoxy) is 3. The van der Waals surface area contributed by atoms with Crippen LogP contribution in [-0.2, 0) is 14.2 Å². The van der Waals surface area contributed by atoms with E-state index in [0.29, 0.717) is 33.0 Å². The monoisotopic (exact) mass is 275 g/mol. The van der Waals surface area contributed by atoms with E-state index in [-0.39, 0.29) is 0 Å². The minimum atomic E-state index is 0.608. The first kappa shape index (κ1) is 18.3. The molecule has 0 aromatic rings. The topological polar surface area (TPSA) is 77.8 Å². The van der Waals surface area contributed by atoms with Crippen molar-refractivity contribution in [2.24, 2.45) is 5.84 Å². The maximum atomic E-state index is 5.42. The molecule has 0 radical (unpaired) electrons. The van der Waals surface area contributed by atoms with E-state index in [4.69, 9.17) is 20.1 Å². The highest BCUT2D eigenvalue weighted by Gasteiger charge is 1.92. The highest BCUT2D eigenvalue weighted by atomic mass is 16.5. The van der Waals surface area contributed by atoms with Gasteiger partial charge >= 0.3 is 0 Å². The molecule has 0 aliphatic heterocycles. The van der Waals surface area contributed by atoms with Gasteiger partial charge in [0.25, 0.3) is 0 Å². The summed E-state index contributed by atoms with van der Waals surface area (Å²) < 4.78 is 16.1. The second-order valence-electron chi connectivity index (χ2n) is 4.21. The second-order valence-corrected chi connectivity index (χ2v) is 4.21. The summed E-state index contributed by atoms with van der Waals surface area (Å²) in [6.07, 6.45) is 1.89. The standard InChI is InChI=1S/C13H29N3O3/c1-13(2)15-5-3-7-17-9-11-19-12-10-18-8-4-6-16-14/h15-16H,1,3-12,14H2,2H3. The quantitative estimate of drug-likeness (QED) is 0.228. The molecule has 19 heavy (non-hydrogen) atoms. The largest absolute Gasteiger partial charge is 0.389 e. The lowest BCUT2D eigenvalue weighted by molar-refractivity contribution is 0.0139. The molecule has 0 aliphatic carbocycles. The van der Waals surface area contributed by atoms with Crippen LogP contribution in [0.3, 0.4) is 0 Å². The van der Waals surface area contributed by atoms with E-state index in [1.807, 2.05) is 6.92 Å². The minimum Gasteiger partial charge on any atom is -0.389 e. The fraction of sp³-hybridized carbons (Fsp3) is 0.846. The third-order valence-corrected chi connectivity index (χ3v) is 2.25. The molecule has 0 aromatic carbocycles. The molecule has 6 nitrogen and oxygen atoms in total. The van der Waals surface area contributed by atoms with E-state index < -0.39 is 0 Å². The zero-order valence-electron chi connectivity index (χ0n) is 12.1. The van der Waals surface area contributed by atoms with Crippen molar-refractivity contribution in [3.63, 3.8) is 0 Å². The first-order valence-corrected chi connectivity index (χ1v) is 6.83. The minimum absolute atomic E-state index is 0.608. The summed E-state index contributed by atoms with van der Waals surface area (Å²) in [7, 11) is 0.